The minimum absolute atomic E-state index is 0.133. The first-order valence-electron chi connectivity index (χ1n) is 8.14. The van der Waals surface area contributed by atoms with Gasteiger partial charge in [-0.25, -0.2) is 12.8 Å². The van der Waals surface area contributed by atoms with Gasteiger partial charge in [-0.05, 0) is 48.4 Å². The molecule has 0 atom stereocenters. The fourth-order valence-corrected chi connectivity index (χ4v) is 4.25. The number of nitrogens with zero attached hydrogens (tertiary/aromatic N) is 2. The molecule has 0 aliphatic heterocycles. The Hall–Kier alpha value is -2.73. The van der Waals surface area contributed by atoms with Gasteiger partial charge in [-0.2, -0.15) is 0 Å². The van der Waals surface area contributed by atoms with Gasteiger partial charge in [0.1, 0.15) is 5.82 Å². The molecule has 0 bridgehead atoms. The van der Waals surface area contributed by atoms with Crippen molar-refractivity contribution in [1.82, 2.24) is 4.98 Å². The van der Waals surface area contributed by atoms with E-state index in [0.717, 1.165) is 11.1 Å². The Labute approximate surface area is 153 Å². The molecule has 3 rings (SSSR count). The van der Waals surface area contributed by atoms with Crippen molar-refractivity contribution in [2.45, 2.75) is 19.2 Å². The molecule has 0 unspecified atom stereocenters. The number of pyridine rings is 1. The summed E-state index contributed by atoms with van der Waals surface area (Å²) in [7, 11) is -3.67. The van der Waals surface area contributed by atoms with Crippen LogP contribution in [0.5, 0.6) is 0 Å². The highest BCUT2D eigenvalue weighted by molar-refractivity contribution is 7.92. The highest BCUT2D eigenvalue weighted by Crippen LogP contribution is 2.24. The van der Waals surface area contributed by atoms with Crippen molar-refractivity contribution < 1.29 is 12.8 Å². The maximum absolute atomic E-state index is 13.3. The van der Waals surface area contributed by atoms with Gasteiger partial charge in [-0.3, -0.25) is 9.29 Å². The van der Waals surface area contributed by atoms with Gasteiger partial charge in [-0.15, -0.1) is 0 Å². The zero-order valence-corrected chi connectivity index (χ0v) is 15.2. The first kappa shape index (κ1) is 18.1. The lowest BCUT2D eigenvalue weighted by molar-refractivity contribution is 0.589. The van der Waals surface area contributed by atoms with Gasteiger partial charge in [0.2, 0.25) is 10.0 Å². The molecule has 4 nitrogen and oxygen atoms in total. The number of aryl methyl sites for hydroxylation is 1. The van der Waals surface area contributed by atoms with Crippen LogP contribution in [0.4, 0.5) is 10.1 Å². The number of benzene rings is 2. The van der Waals surface area contributed by atoms with Crippen molar-refractivity contribution in [3.8, 4) is 0 Å². The van der Waals surface area contributed by atoms with Crippen LogP contribution < -0.4 is 4.31 Å². The number of rotatable bonds is 6. The third kappa shape index (κ3) is 4.46. The number of anilines is 1. The summed E-state index contributed by atoms with van der Waals surface area (Å²) in [5.41, 5.74) is 2.88. The number of aromatic nitrogens is 1. The van der Waals surface area contributed by atoms with E-state index in [9.17, 15) is 12.8 Å². The van der Waals surface area contributed by atoms with Crippen LogP contribution in [0, 0.1) is 12.7 Å². The average molecular weight is 370 g/mol. The van der Waals surface area contributed by atoms with Crippen LogP contribution in [0.25, 0.3) is 0 Å². The molecular formula is C20H19FN2O2S. The van der Waals surface area contributed by atoms with Gasteiger partial charge < -0.3 is 0 Å². The normalized spacial score (nSPS) is 11.3. The molecular weight excluding hydrogens is 351 g/mol. The Morgan fingerprint density at radius 1 is 1.00 bits per heavy atom. The topological polar surface area (TPSA) is 50.3 Å². The zero-order chi connectivity index (χ0) is 18.6. The molecule has 26 heavy (non-hydrogen) atoms. The van der Waals surface area contributed by atoms with E-state index < -0.39 is 15.8 Å². The fraction of sp³-hybridized carbons (Fsp3) is 0.150. The van der Waals surface area contributed by atoms with Crippen molar-refractivity contribution in [2.24, 2.45) is 0 Å². The number of sulfonamides is 1. The molecule has 1 heterocycles. The lowest BCUT2D eigenvalue weighted by atomic mass is 10.2. The van der Waals surface area contributed by atoms with Gasteiger partial charge in [-0.1, -0.05) is 35.9 Å². The second-order valence-corrected chi connectivity index (χ2v) is 7.98. The summed E-state index contributed by atoms with van der Waals surface area (Å²) in [6, 6.07) is 16.4. The monoisotopic (exact) mass is 370 g/mol. The van der Waals surface area contributed by atoms with E-state index in [1.165, 1.54) is 28.6 Å². The molecule has 0 aliphatic rings. The van der Waals surface area contributed by atoms with E-state index in [2.05, 4.69) is 4.98 Å². The van der Waals surface area contributed by atoms with Gasteiger partial charge in [0.05, 0.1) is 18.0 Å². The minimum atomic E-state index is -3.67. The highest BCUT2D eigenvalue weighted by Gasteiger charge is 2.23. The van der Waals surface area contributed by atoms with Crippen LogP contribution in [0.15, 0.2) is 73.1 Å². The quantitative estimate of drug-likeness (QED) is 0.657. The summed E-state index contributed by atoms with van der Waals surface area (Å²) in [4.78, 5) is 4.04. The maximum atomic E-state index is 13.3. The molecule has 6 heteroatoms. The molecule has 2 aromatic carbocycles. The summed E-state index contributed by atoms with van der Waals surface area (Å²) in [6.07, 6.45) is 3.26. The van der Waals surface area contributed by atoms with E-state index in [4.69, 9.17) is 0 Å². The third-order valence-electron chi connectivity index (χ3n) is 3.93. The molecule has 3 aromatic rings. The van der Waals surface area contributed by atoms with Crippen molar-refractivity contribution >= 4 is 15.7 Å². The lowest BCUT2D eigenvalue weighted by Crippen LogP contribution is -2.31. The van der Waals surface area contributed by atoms with Crippen molar-refractivity contribution in [2.75, 3.05) is 4.31 Å². The summed E-state index contributed by atoms with van der Waals surface area (Å²) >= 11 is 0. The Balaban J connectivity index is 1.96. The molecule has 0 spiro atoms. The Morgan fingerprint density at radius 3 is 2.38 bits per heavy atom. The molecule has 0 fully saturated rings. The SMILES string of the molecule is Cc1cccc(CS(=O)(=O)N(Cc2cccnc2)c2ccc(F)cc2)c1. The summed E-state index contributed by atoms with van der Waals surface area (Å²) in [6.45, 7) is 2.05. The largest absolute Gasteiger partial charge is 0.265 e. The van der Waals surface area contributed by atoms with Crippen LogP contribution in [-0.4, -0.2) is 13.4 Å². The van der Waals surface area contributed by atoms with Gasteiger partial charge >= 0.3 is 0 Å². The van der Waals surface area contributed by atoms with Gasteiger partial charge in [0.15, 0.2) is 0 Å². The smallest absolute Gasteiger partial charge is 0.239 e. The number of hydrogen-bond acceptors (Lipinski definition) is 3. The Bertz CT molecular complexity index is 974. The van der Waals surface area contributed by atoms with Crippen LogP contribution in [0.2, 0.25) is 0 Å². The van der Waals surface area contributed by atoms with Crippen LogP contribution in [0.3, 0.4) is 0 Å². The van der Waals surface area contributed by atoms with Gasteiger partial charge in [0.25, 0.3) is 0 Å². The summed E-state index contributed by atoms with van der Waals surface area (Å²) in [5, 5.41) is 0. The first-order chi connectivity index (χ1) is 12.4. The zero-order valence-electron chi connectivity index (χ0n) is 14.3. The van der Waals surface area contributed by atoms with Crippen LogP contribution >= 0.6 is 0 Å². The molecule has 0 N–H and O–H groups in total. The molecule has 0 saturated carbocycles. The summed E-state index contributed by atoms with van der Waals surface area (Å²) < 4.78 is 40.8. The third-order valence-corrected chi connectivity index (χ3v) is 5.64. The molecule has 0 saturated heterocycles. The second-order valence-electron chi connectivity index (χ2n) is 6.09. The fourth-order valence-electron chi connectivity index (χ4n) is 2.71. The van der Waals surface area contributed by atoms with Crippen molar-refractivity contribution in [3.63, 3.8) is 0 Å². The molecule has 0 amide bonds. The average Bonchev–Trinajstić information content (AvgIpc) is 2.61. The van der Waals surface area contributed by atoms with Crippen molar-refractivity contribution in [3.05, 3.63) is 95.6 Å². The number of halogens is 1. The van der Waals surface area contributed by atoms with Gasteiger partial charge in [0, 0.05) is 12.4 Å². The molecule has 0 radical (unpaired) electrons. The highest BCUT2D eigenvalue weighted by atomic mass is 32.2. The van der Waals surface area contributed by atoms with E-state index in [1.54, 1.807) is 24.5 Å². The Morgan fingerprint density at radius 2 is 1.73 bits per heavy atom. The van der Waals surface area contributed by atoms with E-state index >= 15 is 0 Å². The molecule has 134 valence electrons. The first-order valence-corrected chi connectivity index (χ1v) is 9.75. The minimum Gasteiger partial charge on any atom is -0.265 e. The van der Waals surface area contributed by atoms with E-state index in [0.29, 0.717) is 11.3 Å². The van der Waals surface area contributed by atoms with E-state index in [1.807, 2.05) is 31.2 Å². The van der Waals surface area contributed by atoms with Crippen molar-refractivity contribution in [1.29, 1.82) is 0 Å². The Kier molecular flexibility index (Phi) is 5.32. The molecule has 1 aromatic heterocycles. The molecule has 0 aliphatic carbocycles. The predicted molar refractivity (Wildman–Crippen MR) is 101 cm³/mol. The maximum Gasteiger partial charge on any atom is 0.239 e. The number of hydrogen-bond donors (Lipinski definition) is 0. The van der Waals surface area contributed by atoms with Crippen LogP contribution in [0.1, 0.15) is 16.7 Å². The van der Waals surface area contributed by atoms with Crippen LogP contribution in [-0.2, 0) is 22.3 Å². The second kappa shape index (κ2) is 7.66. The lowest BCUT2D eigenvalue weighted by Gasteiger charge is -2.24. The predicted octanol–water partition coefficient (Wildman–Crippen LogP) is 4.07. The standard InChI is InChI=1S/C20H19FN2O2S/c1-16-4-2-5-17(12-16)15-26(24,25)23(14-18-6-3-11-22-13-18)20-9-7-19(21)8-10-20/h2-13H,14-15H2,1H3. The van der Waals surface area contributed by atoms with E-state index in [-0.39, 0.29) is 12.3 Å². The summed E-state index contributed by atoms with van der Waals surface area (Å²) in [5.74, 6) is -0.544.